The molecular formula is C16H30N4O. The van der Waals surface area contributed by atoms with Gasteiger partial charge >= 0.3 is 0 Å². The number of hydrogen-bond acceptors (Lipinski definition) is 4. The second-order valence-electron chi connectivity index (χ2n) is 6.27. The molecule has 1 aliphatic rings. The number of ether oxygens (including phenoxy) is 1. The molecule has 0 saturated heterocycles. The van der Waals surface area contributed by atoms with Crippen molar-refractivity contribution in [1.82, 2.24) is 14.7 Å². The van der Waals surface area contributed by atoms with Gasteiger partial charge in [-0.2, -0.15) is 5.10 Å². The van der Waals surface area contributed by atoms with Gasteiger partial charge in [-0.05, 0) is 32.1 Å². The molecule has 120 valence electrons. The highest BCUT2D eigenvalue weighted by Gasteiger charge is 2.37. The van der Waals surface area contributed by atoms with Crippen molar-refractivity contribution in [3.05, 3.63) is 18.0 Å². The molecule has 0 bridgehead atoms. The third-order valence-electron chi connectivity index (χ3n) is 4.68. The molecule has 2 rings (SSSR count). The fourth-order valence-corrected chi connectivity index (χ4v) is 3.14. The van der Waals surface area contributed by atoms with Crippen molar-refractivity contribution in [2.45, 2.75) is 51.2 Å². The number of methoxy groups -OCH3 is 1. The minimum Gasteiger partial charge on any atom is -0.383 e. The zero-order chi connectivity index (χ0) is 15.4. The number of nitrogens with zero attached hydrogens (tertiary/aromatic N) is 3. The van der Waals surface area contributed by atoms with Gasteiger partial charge in [0.05, 0.1) is 18.8 Å². The van der Waals surface area contributed by atoms with Gasteiger partial charge in [0.15, 0.2) is 0 Å². The summed E-state index contributed by atoms with van der Waals surface area (Å²) in [5.74, 6) is 0.810. The maximum atomic E-state index is 6.47. The Balaban J connectivity index is 2.24. The van der Waals surface area contributed by atoms with Crippen molar-refractivity contribution in [3.8, 4) is 0 Å². The number of nitrogens with two attached hydrogens (primary N) is 1. The molecule has 1 aromatic heterocycles. The molecule has 1 saturated carbocycles. The average molecular weight is 294 g/mol. The highest BCUT2D eigenvalue weighted by Crippen LogP contribution is 2.39. The molecule has 1 aliphatic carbocycles. The quantitative estimate of drug-likeness (QED) is 0.756. The Morgan fingerprint density at radius 2 is 2.24 bits per heavy atom. The fourth-order valence-electron chi connectivity index (χ4n) is 3.14. The zero-order valence-corrected chi connectivity index (χ0v) is 13.8. The van der Waals surface area contributed by atoms with E-state index in [4.69, 9.17) is 10.5 Å². The first kappa shape index (κ1) is 16.5. The summed E-state index contributed by atoms with van der Waals surface area (Å²) in [4.78, 5) is 2.53. The number of aryl methyl sites for hydroxylation is 1. The van der Waals surface area contributed by atoms with Gasteiger partial charge in [-0.15, -0.1) is 0 Å². The lowest BCUT2D eigenvalue weighted by atomic mass is 9.96. The molecule has 0 radical (unpaired) electrons. The van der Waals surface area contributed by atoms with Crippen LogP contribution in [0, 0.1) is 5.92 Å². The summed E-state index contributed by atoms with van der Waals surface area (Å²) < 4.78 is 7.19. The lowest BCUT2D eigenvalue weighted by Crippen LogP contribution is -2.47. The first-order valence-corrected chi connectivity index (χ1v) is 8.07. The maximum absolute atomic E-state index is 6.47. The molecule has 0 aliphatic heterocycles. The molecule has 1 aromatic rings. The summed E-state index contributed by atoms with van der Waals surface area (Å²) in [6.45, 7) is 6.15. The van der Waals surface area contributed by atoms with Crippen molar-refractivity contribution >= 4 is 0 Å². The second kappa shape index (κ2) is 7.38. The molecule has 0 aromatic carbocycles. The molecule has 3 unspecified atom stereocenters. The highest BCUT2D eigenvalue weighted by atomic mass is 16.5. The van der Waals surface area contributed by atoms with Crippen molar-refractivity contribution in [2.75, 3.05) is 20.3 Å². The van der Waals surface area contributed by atoms with Crippen LogP contribution < -0.4 is 5.73 Å². The Morgan fingerprint density at radius 3 is 2.71 bits per heavy atom. The lowest BCUT2D eigenvalue weighted by molar-refractivity contribution is 0.0688. The van der Waals surface area contributed by atoms with Gasteiger partial charge in [-0.25, -0.2) is 0 Å². The number of rotatable bonds is 9. The minimum atomic E-state index is 0.118. The van der Waals surface area contributed by atoms with Crippen LogP contribution in [-0.4, -0.2) is 47.0 Å². The van der Waals surface area contributed by atoms with Crippen molar-refractivity contribution in [2.24, 2.45) is 18.7 Å². The Hall–Kier alpha value is -0.910. The molecular weight excluding hydrogens is 264 g/mol. The Bertz CT molecular complexity index is 430. The molecule has 3 atom stereocenters. The standard InChI is InChI=1S/C16H30N4O/c1-5-15(17)16(14-10-18-19(3)11-14)20(8-9-21-4)12(2)13-6-7-13/h10-13,15-16H,5-9,17H2,1-4H3. The van der Waals surface area contributed by atoms with E-state index in [-0.39, 0.29) is 12.1 Å². The van der Waals surface area contributed by atoms with Gasteiger partial charge in [0.1, 0.15) is 0 Å². The SMILES string of the molecule is CCC(N)C(c1cnn(C)c1)N(CCOC)C(C)C1CC1. The first-order valence-electron chi connectivity index (χ1n) is 8.07. The largest absolute Gasteiger partial charge is 0.383 e. The average Bonchev–Trinajstić information content (AvgIpc) is 3.24. The van der Waals surface area contributed by atoms with Crippen LogP contribution in [0.2, 0.25) is 0 Å². The predicted octanol–water partition coefficient (Wildman–Crippen LogP) is 1.95. The van der Waals surface area contributed by atoms with E-state index in [1.807, 2.05) is 17.9 Å². The normalized spacial score (nSPS) is 19.7. The van der Waals surface area contributed by atoms with Gasteiger partial charge < -0.3 is 10.5 Å². The van der Waals surface area contributed by atoms with Crippen LogP contribution in [0.25, 0.3) is 0 Å². The van der Waals surface area contributed by atoms with Gasteiger partial charge in [0.2, 0.25) is 0 Å². The highest BCUT2D eigenvalue weighted by molar-refractivity contribution is 5.14. The van der Waals surface area contributed by atoms with Crippen LogP contribution in [0.1, 0.15) is 44.7 Å². The number of aromatic nitrogens is 2. The van der Waals surface area contributed by atoms with Crippen LogP contribution in [0.15, 0.2) is 12.4 Å². The monoisotopic (exact) mass is 294 g/mol. The van der Waals surface area contributed by atoms with E-state index in [0.29, 0.717) is 6.04 Å². The van der Waals surface area contributed by atoms with E-state index >= 15 is 0 Å². The second-order valence-corrected chi connectivity index (χ2v) is 6.27. The third-order valence-corrected chi connectivity index (χ3v) is 4.68. The molecule has 5 nitrogen and oxygen atoms in total. The van der Waals surface area contributed by atoms with Crippen LogP contribution in [0.3, 0.4) is 0 Å². The van der Waals surface area contributed by atoms with Crippen LogP contribution in [0.4, 0.5) is 0 Å². The van der Waals surface area contributed by atoms with Crippen molar-refractivity contribution < 1.29 is 4.74 Å². The zero-order valence-electron chi connectivity index (χ0n) is 13.8. The van der Waals surface area contributed by atoms with Gasteiger partial charge in [0, 0.05) is 44.5 Å². The Kier molecular flexibility index (Phi) is 5.79. The Morgan fingerprint density at radius 1 is 1.52 bits per heavy atom. The Labute approximate surface area is 128 Å². The molecule has 0 amide bonds. The van der Waals surface area contributed by atoms with E-state index < -0.39 is 0 Å². The molecule has 2 N–H and O–H groups in total. The van der Waals surface area contributed by atoms with E-state index in [9.17, 15) is 0 Å². The van der Waals surface area contributed by atoms with E-state index in [1.54, 1.807) is 7.11 Å². The smallest absolute Gasteiger partial charge is 0.0590 e. The molecule has 21 heavy (non-hydrogen) atoms. The summed E-state index contributed by atoms with van der Waals surface area (Å²) in [5, 5.41) is 4.34. The third kappa shape index (κ3) is 4.05. The van der Waals surface area contributed by atoms with Gasteiger partial charge in [-0.1, -0.05) is 6.92 Å². The number of hydrogen-bond donors (Lipinski definition) is 1. The first-order chi connectivity index (χ1) is 10.1. The van der Waals surface area contributed by atoms with Gasteiger partial charge in [-0.3, -0.25) is 9.58 Å². The summed E-state index contributed by atoms with van der Waals surface area (Å²) in [6.07, 6.45) is 7.69. The van der Waals surface area contributed by atoms with Crippen molar-refractivity contribution in [1.29, 1.82) is 0 Å². The predicted molar refractivity (Wildman–Crippen MR) is 85.0 cm³/mol. The van der Waals surface area contributed by atoms with E-state index in [0.717, 1.165) is 25.5 Å². The van der Waals surface area contributed by atoms with Gasteiger partial charge in [0.25, 0.3) is 0 Å². The fraction of sp³-hybridized carbons (Fsp3) is 0.812. The van der Waals surface area contributed by atoms with E-state index in [1.165, 1.54) is 18.4 Å². The molecule has 1 heterocycles. The van der Waals surface area contributed by atoms with Crippen LogP contribution in [0.5, 0.6) is 0 Å². The minimum absolute atomic E-state index is 0.118. The van der Waals surface area contributed by atoms with Crippen LogP contribution >= 0.6 is 0 Å². The maximum Gasteiger partial charge on any atom is 0.0590 e. The van der Waals surface area contributed by atoms with Crippen molar-refractivity contribution in [3.63, 3.8) is 0 Å². The summed E-state index contributed by atoms with van der Waals surface area (Å²) in [6, 6.07) is 0.879. The summed E-state index contributed by atoms with van der Waals surface area (Å²) >= 11 is 0. The molecule has 5 heteroatoms. The summed E-state index contributed by atoms with van der Waals surface area (Å²) in [7, 11) is 3.72. The molecule has 1 fully saturated rings. The molecule has 0 spiro atoms. The van der Waals surface area contributed by atoms with Crippen LogP contribution in [-0.2, 0) is 11.8 Å². The summed E-state index contributed by atoms with van der Waals surface area (Å²) in [5.41, 5.74) is 7.69. The topological polar surface area (TPSA) is 56.3 Å². The van der Waals surface area contributed by atoms with E-state index in [2.05, 4.69) is 30.0 Å². The lowest BCUT2D eigenvalue weighted by Gasteiger charge is -2.39.